The first kappa shape index (κ1) is 15.2. The molecule has 0 aromatic heterocycles. The lowest BCUT2D eigenvalue weighted by Crippen LogP contribution is -2.25. The summed E-state index contributed by atoms with van der Waals surface area (Å²) in [5.41, 5.74) is 0. The van der Waals surface area contributed by atoms with Crippen LogP contribution in [0.25, 0.3) is 0 Å². The summed E-state index contributed by atoms with van der Waals surface area (Å²) in [4.78, 5) is 11.3. The summed E-state index contributed by atoms with van der Waals surface area (Å²) >= 11 is 17.9. The summed E-state index contributed by atoms with van der Waals surface area (Å²) in [6.07, 6.45) is -0.851. The molecule has 7 heteroatoms. The van der Waals surface area contributed by atoms with Crippen LogP contribution in [0, 0.1) is 0 Å². The van der Waals surface area contributed by atoms with Gasteiger partial charge in [-0.15, -0.1) is 0 Å². The van der Waals surface area contributed by atoms with E-state index in [0.717, 1.165) is 0 Å². The summed E-state index contributed by atoms with van der Waals surface area (Å²) in [5.74, 6) is -0.191. The van der Waals surface area contributed by atoms with Crippen LogP contribution < -0.4 is 9.47 Å². The summed E-state index contributed by atoms with van der Waals surface area (Å²) < 4.78 is 14.9. The fraction of sp³-hybridized carbons (Fsp3) is 0.364. The third-order valence-corrected chi connectivity index (χ3v) is 3.02. The molecule has 0 aliphatic rings. The molecule has 1 unspecified atom stereocenters. The number of hydrogen-bond donors (Lipinski definition) is 0. The first-order valence-electron chi connectivity index (χ1n) is 4.88. The van der Waals surface area contributed by atoms with Crippen LogP contribution in [0.5, 0.6) is 11.5 Å². The molecule has 0 aliphatic heterocycles. The molecule has 100 valence electrons. The molecule has 1 atom stereocenters. The fourth-order valence-corrected chi connectivity index (χ4v) is 2.25. The monoisotopic (exact) mass is 312 g/mol. The van der Waals surface area contributed by atoms with E-state index in [1.165, 1.54) is 27.2 Å². The Bertz CT molecular complexity index is 462. The number of methoxy groups -OCH3 is 2. The SMILES string of the molecule is COC(=O)C(C)Oc1c(Cl)cc(Cl)c(OC)c1Cl. The van der Waals surface area contributed by atoms with E-state index in [2.05, 4.69) is 4.74 Å². The van der Waals surface area contributed by atoms with E-state index < -0.39 is 12.1 Å². The van der Waals surface area contributed by atoms with Crippen LogP contribution in [0.15, 0.2) is 6.07 Å². The van der Waals surface area contributed by atoms with Crippen LogP contribution in [0.3, 0.4) is 0 Å². The van der Waals surface area contributed by atoms with E-state index in [1.807, 2.05) is 0 Å². The number of benzene rings is 1. The normalized spacial score (nSPS) is 11.9. The maximum Gasteiger partial charge on any atom is 0.346 e. The van der Waals surface area contributed by atoms with Gasteiger partial charge in [0.15, 0.2) is 17.6 Å². The van der Waals surface area contributed by atoms with Gasteiger partial charge in [0.25, 0.3) is 0 Å². The highest BCUT2D eigenvalue weighted by atomic mass is 35.5. The molecule has 1 aromatic rings. The van der Waals surface area contributed by atoms with Crippen molar-refractivity contribution in [3.8, 4) is 11.5 Å². The minimum absolute atomic E-state index is 0.103. The maximum absolute atomic E-state index is 11.3. The average Bonchev–Trinajstić information content (AvgIpc) is 2.33. The minimum atomic E-state index is -0.851. The second-order valence-corrected chi connectivity index (χ2v) is 4.49. The zero-order chi connectivity index (χ0) is 13.9. The highest BCUT2D eigenvalue weighted by Gasteiger charge is 2.22. The Morgan fingerprint density at radius 3 is 2.22 bits per heavy atom. The topological polar surface area (TPSA) is 44.8 Å². The second-order valence-electron chi connectivity index (χ2n) is 3.30. The molecule has 0 radical (unpaired) electrons. The molecule has 4 nitrogen and oxygen atoms in total. The molecule has 0 amide bonds. The Labute approximate surface area is 120 Å². The lowest BCUT2D eigenvalue weighted by atomic mass is 10.3. The molecule has 18 heavy (non-hydrogen) atoms. The minimum Gasteiger partial charge on any atom is -0.493 e. The maximum atomic E-state index is 11.3. The van der Waals surface area contributed by atoms with Crippen molar-refractivity contribution in [3.05, 3.63) is 21.1 Å². The van der Waals surface area contributed by atoms with E-state index >= 15 is 0 Å². The van der Waals surface area contributed by atoms with E-state index in [4.69, 9.17) is 44.3 Å². The van der Waals surface area contributed by atoms with E-state index in [9.17, 15) is 4.79 Å². The van der Waals surface area contributed by atoms with Gasteiger partial charge in [0.1, 0.15) is 5.02 Å². The summed E-state index contributed by atoms with van der Waals surface area (Å²) in [6.45, 7) is 1.51. The zero-order valence-corrected chi connectivity index (χ0v) is 12.2. The smallest absolute Gasteiger partial charge is 0.346 e. The van der Waals surface area contributed by atoms with Crippen molar-refractivity contribution < 1.29 is 19.0 Å². The third kappa shape index (κ3) is 3.13. The molecule has 0 saturated carbocycles. The van der Waals surface area contributed by atoms with Crippen LogP contribution in [-0.2, 0) is 9.53 Å². The van der Waals surface area contributed by atoms with Gasteiger partial charge >= 0.3 is 5.97 Å². The Balaban J connectivity index is 3.13. The number of ether oxygens (including phenoxy) is 3. The van der Waals surface area contributed by atoms with Gasteiger partial charge in [-0.1, -0.05) is 34.8 Å². The standard InChI is InChI=1S/C11H11Cl3O4/c1-5(11(15)17-3)18-10-7(13)4-6(12)9(16-2)8(10)14/h4-5H,1-3H3. The molecule has 0 heterocycles. The molecule has 1 aromatic carbocycles. The molecular formula is C11H11Cl3O4. The van der Waals surface area contributed by atoms with Crippen LogP contribution in [0.4, 0.5) is 0 Å². The van der Waals surface area contributed by atoms with E-state index in [0.29, 0.717) is 0 Å². The number of halogens is 3. The third-order valence-electron chi connectivity index (χ3n) is 2.12. The van der Waals surface area contributed by atoms with Crippen molar-refractivity contribution in [3.63, 3.8) is 0 Å². The van der Waals surface area contributed by atoms with Crippen molar-refractivity contribution in [2.75, 3.05) is 14.2 Å². The quantitative estimate of drug-likeness (QED) is 0.797. The summed E-state index contributed by atoms with van der Waals surface area (Å²) in [7, 11) is 2.67. The van der Waals surface area contributed by atoms with Gasteiger partial charge in [0, 0.05) is 0 Å². The molecule has 0 saturated heterocycles. The first-order valence-corrected chi connectivity index (χ1v) is 6.01. The van der Waals surface area contributed by atoms with Gasteiger partial charge in [-0.25, -0.2) is 4.79 Å². The van der Waals surface area contributed by atoms with Gasteiger partial charge in [-0.2, -0.15) is 0 Å². The molecule has 0 bridgehead atoms. The van der Waals surface area contributed by atoms with Crippen LogP contribution in [0.2, 0.25) is 15.1 Å². The Morgan fingerprint density at radius 2 is 1.72 bits per heavy atom. The lowest BCUT2D eigenvalue weighted by Gasteiger charge is -2.17. The van der Waals surface area contributed by atoms with Crippen LogP contribution in [-0.4, -0.2) is 26.3 Å². The van der Waals surface area contributed by atoms with E-state index in [1.54, 1.807) is 0 Å². The number of rotatable bonds is 4. The zero-order valence-electron chi connectivity index (χ0n) is 9.92. The number of carbonyl (C=O) groups is 1. The van der Waals surface area contributed by atoms with Crippen molar-refractivity contribution in [2.45, 2.75) is 13.0 Å². The van der Waals surface area contributed by atoms with Gasteiger partial charge < -0.3 is 14.2 Å². The Morgan fingerprint density at radius 1 is 1.17 bits per heavy atom. The predicted molar refractivity (Wildman–Crippen MR) is 70.1 cm³/mol. The largest absolute Gasteiger partial charge is 0.493 e. The Hall–Kier alpha value is -0.840. The van der Waals surface area contributed by atoms with Gasteiger partial charge in [0.2, 0.25) is 0 Å². The van der Waals surface area contributed by atoms with Crippen molar-refractivity contribution in [2.24, 2.45) is 0 Å². The molecule has 0 fully saturated rings. The predicted octanol–water partition coefficient (Wildman–Crippen LogP) is 3.60. The second kappa shape index (κ2) is 6.36. The summed E-state index contributed by atoms with van der Waals surface area (Å²) in [6, 6.07) is 1.42. The fourth-order valence-electron chi connectivity index (χ4n) is 1.24. The van der Waals surface area contributed by atoms with Crippen molar-refractivity contribution in [1.29, 1.82) is 0 Å². The number of hydrogen-bond acceptors (Lipinski definition) is 4. The molecule has 0 N–H and O–H groups in total. The highest BCUT2D eigenvalue weighted by Crippen LogP contribution is 2.44. The van der Waals surface area contributed by atoms with Crippen molar-refractivity contribution in [1.82, 2.24) is 0 Å². The van der Waals surface area contributed by atoms with Gasteiger partial charge in [-0.05, 0) is 13.0 Å². The Kier molecular flexibility index (Phi) is 5.38. The van der Waals surface area contributed by atoms with Gasteiger partial charge in [-0.3, -0.25) is 0 Å². The molecule has 0 aliphatic carbocycles. The van der Waals surface area contributed by atoms with E-state index in [-0.39, 0.29) is 26.6 Å². The molecule has 1 rings (SSSR count). The molecule has 0 spiro atoms. The van der Waals surface area contributed by atoms with Crippen LogP contribution >= 0.6 is 34.8 Å². The van der Waals surface area contributed by atoms with Gasteiger partial charge in [0.05, 0.1) is 24.3 Å². The van der Waals surface area contributed by atoms with Crippen LogP contribution in [0.1, 0.15) is 6.92 Å². The first-order chi connectivity index (χ1) is 8.42. The molecular weight excluding hydrogens is 302 g/mol. The summed E-state index contributed by atoms with van der Waals surface area (Å²) in [5, 5.41) is 0.540. The lowest BCUT2D eigenvalue weighted by molar-refractivity contribution is -0.147. The van der Waals surface area contributed by atoms with Crippen molar-refractivity contribution >= 4 is 40.8 Å². The number of carbonyl (C=O) groups excluding carboxylic acids is 1. The average molecular weight is 314 g/mol. The number of esters is 1. The highest BCUT2D eigenvalue weighted by molar-refractivity contribution is 6.42.